The second-order valence-electron chi connectivity index (χ2n) is 9.17. The molecule has 2 atom stereocenters. The molecule has 1 saturated carbocycles. The lowest BCUT2D eigenvalue weighted by Gasteiger charge is -2.16. The summed E-state index contributed by atoms with van der Waals surface area (Å²) < 4.78 is 9.53. The molecule has 1 fully saturated rings. The first-order valence-corrected chi connectivity index (χ1v) is 11.7. The van der Waals surface area contributed by atoms with Crippen molar-refractivity contribution in [1.29, 1.82) is 0 Å². The molecule has 32 heavy (non-hydrogen) atoms. The summed E-state index contributed by atoms with van der Waals surface area (Å²) in [5, 5.41) is 12.4. The number of fused-ring (bicyclic) bond motifs is 1. The maximum atomic E-state index is 12.8. The zero-order chi connectivity index (χ0) is 22.6. The number of aliphatic hydroxyl groups is 1. The molecule has 1 aliphatic rings. The van der Waals surface area contributed by atoms with Gasteiger partial charge in [0.2, 0.25) is 0 Å². The third-order valence-electron chi connectivity index (χ3n) is 6.46. The van der Waals surface area contributed by atoms with Gasteiger partial charge in [-0.1, -0.05) is 0 Å². The SMILES string of the molecule is Cc1sccc1COc1ccn(-c2ccc3nc(C4CC4C(C)(C)O)n(C)c3c2)c(=O)c1. The van der Waals surface area contributed by atoms with E-state index in [-0.39, 0.29) is 17.4 Å². The van der Waals surface area contributed by atoms with E-state index < -0.39 is 5.60 Å². The lowest BCUT2D eigenvalue weighted by molar-refractivity contribution is 0.0542. The highest BCUT2D eigenvalue weighted by Gasteiger charge is 2.49. The number of pyridine rings is 1. The van der Waals surface area contributed by atoms with Gasteiger partial charge in [-0.3, -0.25) is 9.36 Å². The Hall–Kier alpha value is -2.90. The van der Waals surface area contributed by atoms with Gasteiger partial charge < -0.3 is 14.4 Å². The van der Waals surface area contributed by atoms with E-state index in [1.165, 1.54) is 10.9 Å². The van der Waals surface area contributed by atoms with E-state index in [9.17, 15) is 9.90 Å². The van der Waals surface area contributed by atoms with Crippen molar-refractivity contribution < 1.29 is 9.84 Å². The highest BCUT2D eigenvalue weighted by molar-refractivity contribution is 7.10. The Morgan fingerprint density at radius 2 is 2.06 bits per heavy atom. The molecule has 2 unspecified atom stereocenters. The maximum absolute atomic E-state index is 12.8. The highest BCUT2D eigenvalue weighted by Crippen LogP contribution is 2.53. The van der Waals surface area contributed by atoms with Gasteiger partial charge in [0.25, 0.3) is 5.56 Å². The van der Waals surface area contributed by atoms with Gasteiger partial charge in [0.05, 0.1) is 22.3 Å². The van der Waals surface area contributed by atoms with Crippen molar-refractivity contribution >= 4 is 22.4 Å². The van der Waals surface area contributed by atoms with Gasteiger partial charge in [0.15, 0.2) is 0 Å². The molecule has 4 aromatic rings. The molecule has 3 aromatic heterocycles. The van der Waals surface area contributed by atoms with Gasteiger partial charge in [-0.2, -0.15) is 0 Å². The molecular formula is C25H27N3O3S. The first-order valence-electron chi connectivity index (χ1n) is 10.8. The molecule has 1 N–H and O–H groups in total. The summed E-state index contributed by atoms with van der Waals surface area (Å²) >= 11 is 1.69. The molecule has 5 rings (SSSR count). The van der Waals surface area contributed by atoms with Crippen LogP contribution in [0.3, 0.4) is 0 Å². The molecule has 0 spiro atoms. The number of imidazole rings is 1. The Balaban J connectivity index is 1.40. The van der Waals surface area contributed by atoms with E-state index in [2.05, 4.69) is 11.5 Å². The van der Waals surface area contributed by atoms with Crippen LogP contribution >= 0.6 is 11.3 Å². The predicted octanol–water partition coefficient (Wildman–Crippen LogP) is 4.55. The van der Waals surface area contributed by atoms with Gasteiger partial charge in [0, 0.05) is 35.7 Å². The number of thiophene rings is 1. The van der Waals surface area contributed by atoms with Crippen molar-refractivity contribution in [1.82, 2.24) is 14.1 Å². The largest absolute Gasteiger partial charge is 0.489 e. The highest BCUT2D eigenvalue weighted by atomic mass is 32.1. The van der Waals surface area contributed by atoms with Gasteiger partial charge in [-0.15, -0.1) is 11.3 Å². The fourth-order valence-corrected chi connectivity index (χ4v) is 5.14. The quantitative estimate of drug-likeness (QED) is 0.469. The Morgan fingerprint density at radius 3 is 2.72 bits per heavy atom. The number of hydrogen-bond acceptors (Lipinski definition) is 5. The molecule has 166 valence electrons. The summed E-state index contributed by atoms with van der Waals surface area (Å²) in [6.45, 7) is 6.24. The summed E-state index contributed by atoms with van der Waals surface area (Å²) in [6.07, 6.45) is 2.70. The van der Waals surface area contributed by atoms with Crippen molar-refractivity contribution in [2.45, 2.75) is 45.3 Å². The van der Waals surface area contributed by atoms with Crippen LogP contribution in [0.5, 0.6) is 5.75 Å². The van der Waals surface area contributed by atoms with E-state index in [4.69, 9.17) is 9.72 Å². The van der Waals surface area contributed by atoms with Crippen LogP contribution in [0.15, 0.2) is 52.8 Å². The first kappa shape index (κ1) is 21.0. The van der Waals surface area contributed by atoms with E-state index in [0.717, 1.165) is 34.5 Å². The standard InChI is InChI=1S/C25H27N3O3S/c1-15-16(8-10-32-15)14-31-18-7-9-28(23(29)12-18)17-5-6-21-22(11-17)27(4)24(26-21)19-13-20(19)25(2,3)30/h5-12,19-20,30H,13-14H2,1-4H3. The number of benzene rings is 1. The van der Waals surface area contributed by atoms with Gasteiger partial charge in [-0.05, 0) is 68.8 Å². The van der Waals surface area contributed by atoms with Crippen molar-refractivity contribution in [2.75, 3.05) is 0 Å². The third-order valence-corrected chi connectivity index (χ3v) is 7.35. The fraction of sp³-hybridized carbons (Fsp3) is 0.360. The lowest BCUT2D eigenvalue weighted by Crippen LogP contribution is -2.22. The van der Waals surface area contributed by atoms with Crippen molar-refractivity contribution in [3.8, 4) is 11.4 Å². The van der Waals surface area contributed by atoms with E-state index in [1.54, 1.807) is 22.1 Å². The average molecular weight is 450 g/mol. The third kappa shape index (κ3) is 3.76. The Kier molecular flexibility index (Phi) is 4.98. The monoisotopic (exact) mass is 449 g/mol. The molecule has 0 radical (unpaired) electrons. The molecule has 0 saturated heterocycles. The Morgan fingerprint density at radius 1 is 1.25 bits per heavy atom. The maximum Gasteiger partial charge on any atom is 0.258 e. The minimum absolute atomic E-state index is 0.143. The molecule has 1 aromatic carbocycles. The summed E-state index contributed by atoms with van der Waals surface area (Å²) in [4.78, 5) is 18.8. The van der Waals surface area contributed by atoms with Gasteiger partial charge in [-0.25, -0.2) is 4.98 Å². The molecule has 6 nitrogen and oxygen atoms in total. The zero-order valence-corrected chi connectivity index (χ0v) is 19.5. The number of ether oxygens (including phenoxy) is 1. The van der Waals surface area contributed by atoms with Crippen LogP contribution in [0.1, 0.15) is 42.5 Å². The Bertz CT molecular complexity index is 1360. The minimum atomic E-state index is -0.701. The number of hydrogen-bond donors (Lipinski definition) is 1. The second-order valence-corrected chi connectivity index (χ2v) is 10.3. The van der Waals surface area contributed by atoms with Crippen molar-refractivity contribution in [3.63, 3.8) is 0 Å². The van der Waals surface area contributed by atoms with E-state index >= 15 is 0 Å². The summed E-state index contributed by atoms with van der Waals surface area (Å²) in [7, 11) is 2.00. The van der Waals surface area contributed by atoms with Gasteiger partial charge >= 0.3 is 0 Å². The van der Waals surface area contributed by atoms with Crippen LogP contribution in [0.25, 0.3) is 16.7 Å². The number of aryl methyl sites for hydroxylation is 2. The number of rotatable bonds is 6. The molecule has 0 aliphatic heterocycles. The van der Waals surface area contributed by atoms with Gasteiger partial charge in [0.1, 0.15) is 18.2 Å². The van der Waals surface area contributed by atoms with Crippen LogP contribution in [0.2, 0.25) is 0 Å². The van der Waals surface area contributed by atoms with Crippen LogP contribution < -0.4 is 10.3 Å². The average Bonchev–Trinajstić information content (AvgIpc) is 3.36. The number of aromatic nitrogens is 3. The normalized spacial score (nSPS) is 18.3. The van der Waals surface area contributed by atoms with Crippen molar-refractivity contribution in [3.05, 3.63) is 74.6 Å². The van der Waals surface area contributed by atoms with Crippen LogP contribution in [-0.2, 0) is 13.7 Å². The molecule has 0 bridgehead atoms. The van der Waals surface area contributed by atoms with E-state index in [0.29, 0.717) is 12.4 Å². The molecular weight excluding hydrogens is 422 g/mol. The van der Waals surface area contributed by atoms with E-state index in [1.807, 2.05) is 56.6 Å². The summed E-state index contributed by atoms with van der Waals surface area (Å²) in [5.41, 5.74) is 2.94. The first-order chi connectivity index (χ1) is 15.2. The van der Waals surface area contributed by atoms with Crippen molar-refractivity contribution in [2.24, 2.45) is 13.0 Å². The van der Waals surface area contributed by atoms with Crippen LogP contribution in [-0.4, -0.2) is 24.8 Å². The number of nitrogens with zero attached hydrogens (tertiary/aromatic N) is 3. The minimum Gasteiger partial charge on any atom is -0.489 e. The molecule has 3 heterocycles. The molecule has 1 aliphatic carbocycles. The lowest BCUT2D eigenvalue weighted by atomic mass is 10.0. The van der Waals surface area contributed by atoms with Crippen LogP contribution in [0, 0.1) is 12.8 Å². The molecule has 7 heteroatoms. The van der Waals surface area contributed by atoms with Crippen LogP contribution in [0.4, 0.5) is 0 Å². The fourth-order valence-electron chi connectivity index (χ4n) is 4.43. The second kappa shape index (κ2) is 7.60. The summed E-state index contributed by atoms with van der Waals surface area (Å²) in [5.74, 6) is 2.05. The molecule has 0 amide bonds. The topological polar surface area (TPSA) is 69.3 Å². The Labute approximate surface area is 190 Å². The predicted molar refractivity (Wildman–Crippen MR) is 127 cm³/mol. The zero-order valence-electron chi connectivity index (χ0n) is 18.7. The summed E-state index contributed by atoms with van der Waals surface area (Å²) in [6, 6.07) is 11.2. The smallest absolute Gasteiger partial charge is 0.258 e.